The van der Waals surface area contributed by atoms with Crippen LogP contribution in [0.3, 0.4) is 0 Å². The molecule has 1 amide bonds. The van der Waals surface area contributed by atoms with E-state index in [1.54, 1.807) is 24.3 Å². The van der Waals surface area contributed by atoms with Gasteiger partial charge in [0.15, 0.2) is 0 Å². The van der Waals surface area contributed by atoms with Crippen LogP contribution in [0.2, 0.25) is 5.02 Å². The minimum Gasteiger partial charge on any atom is -0.321 e. The van der Waals surface area contributed by atoms with E-state index >= 15 is 0 Å². The Hall–Kier alpha value is -1.43. The van der Waals surface area contributed by atoms with Crippen LogP contribution in [0.1, 0.15) is 33.2 Å². The van der Waals surface area contributed by atoms with Crippen LogP contribution >= 0.6 is 22.9 Å². The summed E-state index contributed by atoms with van der Waals surface area (Å²) >= 11 is 7.34. The van der Waals surface area contributed by atoms with Crippen molar-refractivity contribution in [3.8, 4) is 0 Å². The maximum Gasteiger partial charge on any atom is 0.267 e. The lowest BCUT2D eigenvalue weighted by atomic mass is 10.3. The van der Waals surface area contributed by atoms with E-state index in [4.69, 9.17) is 11.6 Å². The molecule has 4 nitrogen and oxygen atoms in total. The number of carbonyl (C=O) groups is 1. The lowest BCUT2D eigenvalue weighted by molar-refractivity contribution is 0.103. The topological polar surface area (TPSA) is 45.2 Å². The first-order chi connectivity index (χ1) is 10.6. The van der Waals surface area contributed by atoms with Crippen LogP contribution in [0.5, 0.6) is 0 Å². The molecule has 1 aliphatic heterocycles. The zero-order valence-corrected chi connectivity index (χ0v) is 14.0. The number of rotatable bonds is 4. The number of aryl methyl sites for hydroxylation is 1. The summed E-state index contributed by atoms with van der Waals surface area (Å²) in [6.07, 6.45) is 2.52. The van der Waals surface area contributed by atoms with E-state index in [-0.39, 0.29) is 5.91 Å². The van der Waals surface area contributed by atoms with Crippen molar-refractivity contribution in [2.24, 2.45) is 0 Å². The van der Waals surface area contributed by atoms with E-state index in [9.17, 15) is 4.79 Å². The van der Waals surface area contributed by atoms with E-state index in [1.165, 1.54) is 24.2 Å². The number of nitrogens with zero attached hydrogens (tertiary/aromatic N) is 2. The van der Waals surface area contributed by atoms with Crippen LogP contribution in [0.15, 0.2) is 24.3 Å². The molecule has 22 heavy (non-hydrogen) atoms. The van der Waals surface area contributed by atoms with Gasteiger partial charge in [-0.25, -0.2) is 4.98 Å². The number of aromatic nitrogens is 1. The molecule has 0 spiro atoms. The van der Waals surface area contributed by atoms with Gasteiger partial charge in [-0.2, -0.15) is 0 Å². The first kappa shape index (κ1) is 15.5. The molecule has 0 atom stereocenters. The zero-order valence-electron chi connectivity index (χ0n) is 12.4. The number of anilines is 1. The van der Waals surface area contributed by atoms with E-state index in [0.717, 1.165) is 36.0 Å². The molecule has 2 aromatic rings. The Bertz CT molecular complexity index is 663. The highest BCUT2D eigenvalue weighted by Crippen LogP contribution is 2.23. The third-order valence-electron chi connectivity index (χ3n) is 3.71. The lowest BCUT2D eigenvalue weighted by Crippen LogP contribution is -2.18. The Kier molecular flexibility index (Phi) is 4.76. The number of hydrogen-bond donors (Lipinski definition) is 1. The van der Waals surface area contributed by atoms with Gasteiger partial charge in [-0.05, 0) is 57.1 Å². The lowest BCUT2D eigenvalue weighted by Gasteiger charge is -2.11. The number of hydrogen-bond acceptors (Lipinski definition) is 4. The highest BCUT2D eigenvalue weighted by atomic mass is 35.5. The Balaban J connectivity index is 1.69. The van der Waals surface area contributed by atoms with Gasteiger partial charge in [0.1, 0.15) is 9.88 Å². The number of benzene rings is 1. The van der Waals surface area contributed by atoms with E-state index < -0.39 is 0 Å². The van der Waals surface area contributed by atoms with Gasteiger partial charge in [-0.15, -0.1) is 11.3 Å². The molecule has 2 heterocycles. The number of thiazole rings is 1. The minimum absolute atomic E-state index is 0.106. The summed E-state index contributed by atoms with van der Waals surface area (Å²) < 4.78 is 0. The van der Waals surface area contributed by atoms with Gasteiger partial charge >= 0.3 is 0 Å². The van der Waals surface area contributed by atoms with Crippen molar-refractivity contribution in [2.45, 2.75) is 26.3 Å². The molecule has 0 bridgehead atoms. The first-order valence-corrected chi connectivity index (χ1v) is 8.57. The number of likely N-dealkylation sites (tertiary alicyclic amines) is 1. The standard InChI is InChI=1S/C16H18ClN3OS/c1-11-15(16(21)19-13-6-4-12(17)5-7-13)22-14(18-11)10-20-8-2-3-9-20/h4-7H,2-3,8-10H2,1H3,(H,19,21). The first-order valence-electron chi connectivity index (χ1n) is 7.37. The second-order valence-electron chi connectivity index (χ2n) is 5.47. The highest BCUT2D eigenvalue weighted by Gasteiger charge is 2.18. The molecule has 1 saturated heterocycles. The molecule has 1 fully saturated rings. The summed E-state index contributed by atoms with van der Waals surface area (Å²) in [6, 6.07) is 7.11. The monoisotopic (exact) mass is 335 g/mol. The van der Waals surface area contributed by atoms with Crippen LogP contribution in [0, 0.1) is 6.92 Å². The number of carbonyl (C=O) groups excluding carboxylic acids is 1. The van der Waals surface area contributed by atoms with Gasteiger partial charge < -0.3 is 5.32 Å². The molecule has 1 aromatic carbocycles. The number of nitrogens with one attached hydrogen (secondary N) is 1. The van der Waals surface area contributed by atoms with Crippen molar-refractivity contribution in [3.63, 3.8) is 0 Å². The Morgan fingerprint density at radius 2 is 2.00 bits per heavy atom. The summed E-state index contributed by atoms with van der Waals surface area (Å²) in [7, 11) is 0. The summed E-state index contributed by atoms with van der Waals surface area (Å²) in [5, 5.41) is 4.56. The molecule has 6 heteroatoms. The van der Waals surface area contributed by atoms with Crippen molar-refractivity contribution in [1.29, 1.82) is 0 Å². The van der Waals surface area contributed by atoms with Crippen LogP contribution in [0.25, 0.3) is 0 Å². The quantitative estimate of drug-likeness (QED) is 0.920. The van der Waals surface area contributed by atoms with Crippen molar-refractivity contribution in [1.82, 2.24) is 9.88 Å². The fraction of sp³-hybridized carbons (Fsp3) is 0.375. The van der Waals surface area contributed by atoms with E-state index in [1.807, 2.05) is 6.92 Å². The second-order valence-corrected chi connectivity index (χ2v) is 6.99. The Morgan fingerprint density at radius 3 is 2.68 bits per heavy atom. The second kappa shape index (κ2) is 6.77. The van der Waals surface area contributed by atoms with Crippen LogP contribution in [-0.4, -0.2) is 28.9 Å². The largest absolute Gasteiger partial charge is 0.321 e. The van der Waals surface area contributed by atoms with Crippen molar-refractivity contribution < 1.29 is 4.79 Å². The molecular formula is C16H18ClN3OS. The van der Waals surface area contributed by atoms with Gasteiger partial charge in [-0.3, -0.25) is 9.69 Å². The summed E-state index contributed by atoms with van der Waals surface area (Å²) in [5.41, 5.74) is 1.54. The third kappa shape index (κ3) is 3.66. The van der Waals surface area contributed by atoms with Gasteiger partial charge in [0, 0.05) is 10.7 Å². The van der Waals surface area contributed by atoms with E-state index in [2.05, 4.69) is 15.2 Å². The average molecular weight is 336 g/mol. The molecule has 0 aliphatic carbocycles. The fourth-order valence-electron chi connectivity index (χ4n) is 2.58. The molecule has 1 aromatic heterocycles. The molecule has 1 aliphatic rings. The van der Waals surface area contributed by atoms with Gasteiger partial charge in [0.05, 0.1) is 12.2 Å². The van der Waals surface area contributed by atoms with Gasteiger partial charge in [0.2, 0.25) is 0 Å². The normalized spacial score (nSPS) is 15.2. The number of halogens is 1. The van der Waals surface area contributed by atoms with Crippen LogP contribution in [-0.2, 0) is 6.54 Å². The van der Waals surface area contributed by atoms with Crippen LogP contribution in [0.4, 0.5) is 5.69 Å². The minimum atomic E-state index is -0.106. The Labute approximate surface area is 139 Å². The zero-order chi connectivity index (χ0) is 15.5. The third-order valence-corrected chi connectivity index (χ3v) is 5.10. The van der Waals surface area contributed by atoms with Crippen LogP contribution < -0.4 is 5.32 Å². The number of amides is 1. The predicted molar refractivity (Wildman–Crippen MR) is 90.8 cm³/mol. The predicted octanol–water partition coefficient (Wildman–Crippen LogP) is 3.95. The van der Waals surface area contributed by atoms with Crippen molar-refractivity contribution in [2.75, 3.05) is 18.4 Å². The summed E-state index contributed by atoms with van der Waals surface area (Å²) in [5.74, 6) is -0.106. The summed E-state index contributed by atoms with van der Waals surface area (Å²) in [6.45, 7) is 5.00. The molecule has 0 saturated carbocycles. The van der Waals surface area contributed by atoms with E-state index in [0.29, 0.717) is 9.90 Å². The maximum absolute atomic E-state index is 12.4. The van der Waals surface area contributed by atoms with Gasteiger partial charge in [-0.1, -0.05) is 11.6 Å². The highest BCUT2D eigenvalue weighted by molar-refractivity contribution is 7.13. The summed E-state index contributed by atoms with van der Waals surface area (Å²) in [4.78, 5) is 20.0. The molecule has 116 valence electrons. The van der Waals surface area contributed by atoms with Crippen molar-refractivity contribution in [3.05, 3.63) is 44.9 Å². The Morgan fingerprint density at radius 1 is 1.32 bits per heavy atom. The maximum atomic E-state index is 12.4. The van der Waals surface area contributed by atoms with Gasteiger partial charge in [0.25, 0.3) is 5.91 Å². The molecule has 1 N–H and O–H groups in total. The molecule has 0 radical (unpaired) electrons. The SMILES string of the molecule is Cc1nc(CN2CCCC2)sc1C(=O)Nc1ccc(Cl)cc1. The molecule has 3 rings (SSSR count). The molecular weight excluding hydrogens is 318 g/mol. The average Bonchev–Trinajstić information content (AvgIpc) is 3.11. The molecule has 0 unspecified atom stereocenters. The fourth-order valence-corrected chi connectivity index (χ4v) is 3.71. The smallest absolute Gasteiger partial charge is 0.267 e. The van der Waals surface area contributed by atoms with Crippen molar-refractivity contribution >= 4 is 34.5 Å².